The quantitative estimate of drug-likeness (QED) is 0.406. The topological polar surface area (TPSA) is 77.1 Å². The number of benzene rings is 1. The van der Waals surface area contributed by atoms with E-state index in [1.54, 1.807) is 24.0 Å². The average Bonchev–Trinajstić information content (AvgIpc) is 3.43. The van der Waals surface area contributed by atoms with E-state index in [0.29, 0.717) is 24.1 Å². The van der Waals surface area contributed by atoms with Gasteiger partial charge in [-0.05, 0) is 43.2 Å². The monoisotopic (exact) mass is 475 g/mol. The van der Waals surface area contributed by atoms with Gasteiger partial charge in [-0.25, -0.2) is 14.4 Å². The molecule has 9 heteroatoms. The molecule has 1 fully saturated rings. The summed E-state index contributed by atoms with van der Waals surface area (Å²) in [5, 5.41) is 5.66. The van der Waals surface area contributed by atoms with E-state index in [-0.39, 0.29) is 11.7 Å². The van der Waals surface area contributed by atoms with E-state index in [2.05, 4.69) is 9.97 Å². The number of hydrogen-bond donors (Lipinski definition) is 0. The molecule has 0 radical (unpaired) electrons. The first-order chi connectivity index (χ1) is 16.6. The van der Waals surface area contributed by atoms with E-state index < -0.39 is 0 Å². The number of amides is 1. The van der Waals surface area contributed by atoms with E-state index in [1.165, 1.54) is 18.5 Å². The smallest absolute Gasteiger partial charge is 0.230 e. The lowest BCUT2D eigenvalue weighted by Crippen LogP contribution is -2.27. The molecule has 1 aromatic carbocycles. The van der Waals surface area contributed by atoms with Gasteiger partial charge >= 0.3 is 0 Å². The molecule has 6 rings (SSSR count). The maximum atomic E-state index is 13.6. The van der Waals surface area contributed by atoms with Crippen LogP contribution in [0.25, 0.3) is 39.2 Å². The van der Waals surface area contributed by atoms with Crippen molar-refractivity contribution in [3.8, 4) is 22.5 Å². The Balaban J connectivity index is 1.48. The molecule has 0 N–H and O–H groups in total. The van der Waals surface area contributed by atoms with Crippen LogP contribution in [-0.2, 0) is 4.79 Å². The van der Waals surface area contributed by atoms with Gasteiger partial charge < -0.3 is 9.32 Å². The number of furan rings is 1. The molecule has 2 aliphatic heterocycles. The fraction of sp³-hybridized carbons (Fsp3) is 0.280. The fourth-order valence-electron chi connectivity index (χ4n) is 4.37. The van der Waals surface area contributed by atoms with Crippen LogP contribution in [0.4, 0.5) is 4.39 Å². The summed E-state index contributed by atoms with van der Waals surface area (Å²) >= 11 is 1.89. The van der Waals surface area contributed by atoms with Crippen molar-refractivity contribution in [2.45, 2.75) is 25.8 Å². The van der Waals surface area contributed by atoms with Crippen LogP contribution in [0.5, 0.6) is 0 Å². The Kier molecular flexibility index (Phi) is 5.21. The minimum absolute atomic E-state index is 0.0132. The van der Waals surface area contributed by atoms with Gasteiger partial charge in [0.2, 0.25) is 11.6 Å². The Morgan fingerprint density at radius 3 is 2.74 bits per heavy atom. The van der Waals surface area contributed by atoms with Crippen molar-refractivity contribution in [3.05, 3.63) is 60.6 Å². The van der Waals surface area contributed by atoms with E-state index in [9.17, 15) is 9.18 Å². The number of aromatic nitrogens is 4. The lowest BCUT2D eigenvalue weighted by atomic mass is 10.0. The van der Waals surface area contributed by atoms with E-state index in [4.69, 9.17) is 9.52 Å². The minimum Gasteiger partial charge on any atom is -0.438 e. The van der Waals surface area contributed by atoms with Crippen LogP contribution in [-0.4, -0.2) is 48.6 Å². The molecule has 1 saturated heterocycles. The second-order valence-electron chi connectivity index (χ2n) is 8.59. The van der Waals surface area contributed by atoms with Crippen molar-refractivity contribution in [1.82, 2.24) is 24.6 Å². The Labute approximate surface area is 199 Å². The summed E-state index contributed by atoms with van der Waals surface area (Å²) in [6.45, 7) is 2.28. The predicted octanol–water partition coefficient (Wildman–Crippen LogP) is 5.16. The minimum atomic E-state index is -0.288. The summed E-state index contributed by atoms with van der Waals surface area (Å²) in [6, 6.07) is 8.65. The highest BCUT2D eigenvalue weighted by molar-refractivity contribution is 8.00. The molecule has 172 valence electrons. The molecule has 0 aliphatic carbocycles. The van der Waals surface area contributed by atoms with Crippen LogP contribution in [0.3, 0.4) is 0 Å². The fourth-order valence-corrected chi connectivity index (χ4v) is 5.12. The van der Waals surface area contributed by atoms with Crippen LogP contribution in [0.15, 0.2) is 53.5 Å². The summed E-state index contributed by atoms with van der Waals surface area (Å²) in [6.07, 6.45) is 7.08. The summed E-state index contributed by atoms with van der Waals surface area (Å²) in [4.78, 5) is 22.5. The van der Waals surface area contributed by atoms with E-state index in [1.807, 2.05) is 34.9 Å². The first kappa shape index (κ1) is 21.1. The summed E-state index contributed by atoms with van der Waals surface area (Å²) in [5.74, 6) is 2.44. The lowest BCUT2D eigenvalue weighted by Gasteiger charge is -2.24. The van der Waals surface area contributed by atoms with Crippen LogP contribution in [0.1, 0.15) is 31.6 Å². The number of hydrogen-bond acceptors (Lipinski definition) is 6. The van der Waals surface area contributed by atoms with Gasteiger partial charge in [0.1, 0.15) is 23.6 Å². The molecule has 34 heavy (non-hydrogen) atoms. The zero-order valence-corrected chi connectivity index (χ0v) is 19.4. The molecular weight excluding hydrogens is 453 g/mol. The Morgan fingerprint density at radius 2 is 2.00 bits per heavy atom. The lowest BCUT2D eigenvalue weighted by molar-refractivity contribution is -0.126. The summed E-state index contributed by atoms with van der Waals surface area (Å²) < 4.78 is 21.7. The van der Waals surface area contributed by atoms with Crippen molar-refractivity contribution in [2.24, 2.45) is 0 Å². The van der Waals surface area contributed by atoms with Gasteiger partial charge in [0.05, 0.1) is 17.1 Å². The van der Waals surface area contributed by atoms with Crippen LogP contribution in [0.2, 0.25) is 0 Å². The average molecular weight is 476 g/mol. The summed E-state index contributed by atoms with van der Waals surface area (Å²) in [5.41, 5.74) is 4.59. The number of thioether (sulfide) groups is 1. The van der Waals surface area contributed by atoms with E-state index >= 15 is 0 Å². The third-order valence-corrected chi connectivity index (χ3v) is 7.55. The standard InChI is InChI=1S/C25H22FN5O2S/c1-15(32)30-8-2-3-17(10-30)22-9-20-24(27-14-28-25(20)33-22)21-11-31(19-12-34-13-19)29-23(21)16-4-6-18(26)7-5-16/h4-7,9-11,14,19H,2-3,8,12-13H2,1H3. The molecule has 4 aromatic rings. The van der Waals surface area contributed by atoms with Crippen LogP contribution < -0.4 is 0 Å². The Hall–Kier alpha value is -3.46. The number of rotatable bonds is 4. The number of allylic oxidation sites excluding steroid dienone is 1. The van der Waals surface area contributed by atoms with Gasteiger partial charge in [0.25, 0.3) is 0 Å². The van der Waals surface area contributed by atoms with E-state index in [0.717, 1.165) is 57.8 Å². The maximum absolute atomic E-state index is 13.6. The normalized spacial score (nSPS) is 16.5. The van der Waals surface area contributed by atoms with Crippen molar-refractivity contribution < 1.29 is 13.6 Å². The van der Waals surface area contributed by atoms with Gasteiger partial charge in [-0.15, -0.1) is 0 Å². The highest BCUT2D eigenvalue weighted by atomic mass is 32.2. The third kappa shape index (κ3) is 3.69. The predicted molar refractivity (Wildman–Crippen MR) is 129 cm³/mol. The van der Waals surface area contributed by atoms with Crippen LogP contribution in [0, 0.1) is 5.82 Å². The number of halogens is 1. The molecule has 0 unspecified atom stereocenters. The van der Waals surface area contributed by atoms with Gasteiger partial charge in [-0.1, -0.05) is 0 Å². The molecule has 5 heterocycles. The maximum Gasteiger partial charge on any atom is 0.230 e. The molecular formula is C25H22FN5O2S. The molecule has 3 aromatic heterocycles. The second-order valence-corrected chi connectivity index (χ2v) is 9.67. The molecule has 1 amide bonds. The van der Waals surface area contributed by atoms with Crippen molar-refractivity contribution >= 4 is 34.3 Å². The highest BCUT2D eigenvalue weighted by Gasteiger charge is 2.26. The van der Waals surface area contributed by atoms with Crippen molar-refractivity contribution in [1.29, 1.82) is 0 Å². The first-order valence-corrected chi connectivity index (χ1v) is 12.4. The Bertz CT molecular complexity index is 1420. The first-order valence-electron chi connectivity index (χ1n) is 11.2. The highest BCUT2D eigenvalue weighted by Crippen LogP contribution is 2.39. The summed E-state index contributed by atoms with van der Waals surface area (Å²) in [7, 11) is 0. The molecule has 0 saturated carbocycles. The molecule has 7 nitrogen and oxygen atoms in total. The molecule has 0 spiro atoms. The zero-order valence-electron chi connectivity index (χ0n) is 18.6. The van der Waals surface area contributed by atoms with Gasteiger partial charge in [0, 0.05) is 54.1 Å². The Morgan fingerprint density at radius 1 is 1.18 bits per heavy atom. The van der Waals surface area contributed by atoms with Crippen molar-refractivity contribution in [2.75, 3.05) is 18.1 Å². The SMILES string of the molecule is CC(=O)N1C=C(c2cc3c(-c4cn(C5CSC5)nc4-c4ccc(F)cc4)ncnc3o2)CCC1. The molecule has 0 atom stereocenters. The number of carbonyl (C=O) groups excluding carboxylic acids is 1. The van der Waals surface area contributed by atoms with Crippen LogP contribution >= 0.6 is 11.8 Å². The van der Waals surface area contributed by atoms with Gasteiger partial charge in [-0.3, -0.25) is 9.48 Å². The molecule has 2 aliphatic rings. The zero-order chi connectivity index (χ0) is 23.2. The second kappa shape index (κ2) is 8.39. The number of carbonyl (C=O) groups is 1. The van der Waals surface area contributed by atoms with Gasteiger partial charge in [0.15, 0.2) is 0 Å². The number of nitrogens with zero attached hydrogens (tertiary/aromatic N) is 5. The number of fused-ring (bicyclic) bond motifs is 1. The third-order valence-electron chi connectivity index (χ3n) is 6.31. The molecule has 0 bridgehead atoms. The largest absolute Gasteiger partial charge is 0.438 e. The van der Waals surface area contributed by atoms with Crippen molar-refractivity contribution in [3.63, 3.8) is 0 Å². The van der Waals surface area contributed by atoms with Gasteiger partial charge in [-0.2, -0.15) is 16.9 Å².